The molecule has 0 aromatic heterocycles. The Morgan fingerprint density at radius 3 is 2.27 bits per heavy atom. The van der Waals surface area contributed by atoms with Crippen molar-refractivity contribution in [1.82, 2.24) is 13.5 Å². The zero-order valence-corrected chi connectivity index (χ0v) is 15.8. The van der Waals surface area contributed by atoms with E-state index in [9.17, 15) is 13.2 Å². The number of amides is 1. The Hall–Kier alpha value is -1.64. The molecule has 3 heterocycles. The molecule has 0 unspecified atom stereocenters. The van der Waals surface area contributed by atoms with Gasteiger partial charge in [0.2, 0.25) is 5.91 Å². The molecule has 0 atom stereocenters. The molecular formula is C18H26N4O3S. The second-order valence-corrected chi connectivity index (χ2v) is 9.12. The van der Waals surface area contributed by atoms with E-state index in [1.54, 1.807) is 9.21 Å². The second kappa shape index (κ2) is 7.17. The maximum atomic E-state index is 12.7. The van der Waals surface area contributed by atoms with Crippen LogP contribution < -0.4 is 4.90 Å². The average Bonchev–Trinajstić information content (AvgIpc) is 3.33. The predicted octanol–water partition coefficient (Wildman–Crippen LogP) is 0.534. The smallest absolute Gasteiger partial charge is 0.282 e. The van der Waals surface area contributed by atoms with Crippen LogP contribution in [0, 0.1) is 0 Å². The summed E-state index contributed by atoms with van der Waals surface area (Å²) in [6.45, 7) is 4.21. The quantitative estimate of drug-likeness (QED) is 0.767. The zero-order valence-electron chi connectivity index (χ0n) is 15.0. The van der Waals surface area contributed by atoms with Crippen LogP contribution in [0.3, 0.4) is 0 Å². The molecule has 8 heteroatoms. The topological polar surface area (TPSA) is 64.2 Å². The van der Waals surface area contributed by atoms with Gasteiger partial charge in [-0.25, -0.2) is 0 Å². The largest absolute Gasteiger partial charge is 0.362 e. The number of rotatable bonds is 4. The van der Waals surface area contributed by atoms with Crippen LogP contribution in [0.2, 0.25) is 0 Å². The van der Waals surface area contributed by atoms with Crippen molar-refractivity contribution < 1.29 is 13.2 Å². The molecule has 0 N–H and O–H groups in total. The minimum atomic E-state index is -3.35. The molecule has 1 amide bonds. The summed E-state index contributed by atoms with van der Waals surface area (Å²) in [6.07, 6.45) is 2.86. The summed E-state index contributed by atoms with van der Waals surface area (Å²) < 4.78 is 28.4. The van der Waals surface area contributed by atoms with Crippen LogP contribution in [0.5, 0.6) is 0 Å². The van der Waals surface area contributed by atoms with E-state index in [0.29, 0.717) is 45.8 Å². The van der Waals surface area contributed by atoms with E-state index >= 15 is 0 Å². The van der Waals surface area contributed by atoms with Gasteiger partial charge in [0.1, 0.15) is 0 Å². The van der Waals surface area contributed by atoms with E-state index < -0.39 is 10.2 Å². The fraction of sp³-hybridized carbons (Fsp3) is 0.611. The first-order valence-electron chi connectivity index (χ1n) is 9.41. The minimum Gasteiger partial charge on any atom is -0.362 e. The highest BCUT2D eigenvalue weighted by molar-refractivity contribution is 7.86. The van der Waals surface area contributed by atoms with E-state index in [1.807, 2.05) is 12.1 Å². The Morgan fingerprint density at radius 1 is 0.885 bits per heavy atom. The van der Waals surface area contributed by atoms with Crippen molar-refractivity contribution in [2.75, 3.05) is 57.3 Å². The summed E-state index contributed by atoms with van der Waals surface area (Å²) in [7, 11) is -3.35. The number of carbonyl (C=O) groups is 1. The molecule has 3 aliphatic rings. The molecular weight excluding hydrogens is 352 g/mol. The van der Waals surface area contributed by atoms with Crippen molar-refractivity contribution in [2.24, 2.45) is 0 Å². The number of hydrogen-bond donors (Lipinski definition) is 0. The van der Waals surface area contributed by atoms with E-state index in [1.165, 1.54) is 9.87 Å². The third-order valence-corrected chi connectivity index (χ3v) is 7.65. The third-order valence-electron chi connectivity index (χ3n) is 5.62. The van der Waals surface area contributed by atoms with Gasteiger partial charge in [0, 0.05) is 51.5 Å². The Bertz CT molecular complexity index is 768. The van der Waals surface area contributed by atoms with E-state index in [-0.39, 0.29) is 5.91 Å². The highest BCUT2D eigenvalue weighted by Gasteiger charge is 2.35. The summed E-state index contributed by atoms with van der Waals surface area (Å²) in [6, 6.07) is 8.21. The van der Waals surface area contributed by atoms with E-state index in [2.05, 4.69) is 17.0 Å². The Balaban J connectivity index is 1.33. The maximum Gasteiger partial charge on any atom is 0.282 e. The Labute approximate surface area is 155 Å². The van der Waals surface area contributed by atoms with Crippen LogP contribution in [0.1, 0.15) is 18.4 Å². The van der Waals surface area contributed by atoms with Crippen molar-refractivity contribution in [1.29, 1.82) is 0 Å². The first kappa shape index (κ1) is 17.8. The van der Waals surface area contributed by atoms with Gasteiger partial charge in [-0.3, -0.25) is 4.79 Å². The summed E-state index contributed by atoms with van der Waals surface area (Å²) in [5, 5.41) is 0. The number of hydrogen-bond acceptors (Lipinski definition) is 4. The third kappa shape index (κ3) is 3.33. The molecule has 0 radical (unpaired) electrons. The van der Waals surface area contributed by atoms with Crippen LogP contribution in [-0.2, 0) is 21.4 Å². The maximum absolute atomic E-state index is 12.7. The molecule has 7 nitrogen and oxygen atoms in total. The lowest BCUT2D eigenvalue weighted by atomic mass is 10.2. The molecule has 0 spiro atoms. The van der Waals surface area contributed by atoms with Crippen LogP contribution in [-0.4, -0.2) is 80.2 Å². The van der Waals surface area contributed by atoms with Gasteiger partial charge in [-0.05, 0) is 30.9 Å². The van der Waals surface area contributed by atoms with Gasteiger partial charge >= 0.3 is 0 Å². The monoisotopic (exact) mass is 378 g/mol. The van der Waals surface area contributed by atoms with Gasteiger partial charge in [0.05, 0.1) is 6.54 Å². The SMILES string of the molecule is O=C(CN1CCc2ccccc21)N1CCN(S(=O)(=O)N2CCCC2)CC1. The van der Waals surface area contributed by atoms with Crippen molar-refractivity contribution in [3.8, 4) is 0 Å². The van der Waals surface area contributed by atoms with Crippen molar-refractivity contribution >= 4 is 21.8 Å². The number of para-hydroxylation sites is 1. The van der Waals surface area contributed by atoms with Crippen LogP contribution >= 0.6 is 0 Å². The van der Waals surface area contributed by atoms with E-state index in [4.69, 9.17) is 0 Å². The normalized spacial score (nSPS) is 22.0. The first-order chi connectivity index (χ1) is 12.6. The minimum absolute atomic E-state index is 0.0833. The molecule has 4 rings (SSSR count). The number of fused-ring (bicyclic) bond motifs is 1. The number of carbonyl (C=O) groups excluding carboxylic acids is 1. The van der Waals surface area contributed by atoms with Gasteiger partial charge in [-0.1, -0.05) is 18.2 Å². The molecule has 2 saturated heterocycles. The molecule has 3 aliphatic heterocycles. The second-order valence-electron chi connectivity index (χ2n) is 7.19. The van der Waals surface area contributed by atoms with Gasteiger partial charge < -0.3 is 9.80 Å². The number of anilines is 1. The number of nitrogens with zero attached hydrogens (tertiary/aromatic N) is 4. The molecule has 0 aliphatic carbocycles. The Kier molecular flexibility index (Phi) is 4.90. The van der Waals surface area contributed by atoms with Crippen LogP contribution in [0.15, 0.2) is 24.3 Å². The van der Waals surface area contributed by atoms with Crippen molar-refractivity contribution in [2.45, 2.75) is 19.3 Å². The molecule has 0 bridgehead atoms. The average molecular weight is 378 g/mol. The predicted molar refractivity (Wildman–Crippen MR) is 100 cm³/mol. The molecule has 26 heavy (non-hydrogen) atoms. The van der Waals surface area contributed by atoms with Crippen LogP contribution in [0.4, 0.5) is 5.69 Å². The lowest BCUT2D eigenvalue weighted by Crippen LogP contribution is -2.55. The molecule has 1 aromatic carbocycles. The highest BCUT2D eigenvalue weighted by Crippen LogP contribution is 2.27. The molecule has 142 valence electrons. The number of benzene rings is 1. The lowest BCUT2D eigenvalue weighted by Gasteiger charge is -2.36. The molecule has 0 saturated carbocycles. The summed E-state index contributed by atoms with van der Waals surface area (Å²) in [5.41, 5.74) is 2.44. The van der Waals surface area contributed by atoms with Crippen LogP contribution in [0.25, 0.3) is 0 Å². The van der Waals surface area contributed by atoms with Gasteiger partial charge in [0.15, 0.2) is 0 Å². The fourth-order valence-corrected chi connectivity index (χ4v) is 5.76. The van der Waals surface area contributed by atoms with Crippen molar-refractivity contribution in [3.63, 3.8) is 0 Å². The zero-order chi connectivity index (χ0) is 18.1. The number of piperazine rings is 1. The highest BCUT2D eigenvalue weighted by atomic mass is 32.2. The van der Waals surface area contributed by atoms with Gasteiger partial charge in [-0.15, -0.1) is 0 Å². The van der Waals surface area contributed by atoms with Gasteiger partial charge in [-0.2, -0.15) is 17.0 Å². The fourth-order valence-electron chi connectivity index (χ4n) is 4.08. The Morgan fingerprint density at radius 2 is 1.54 bits per heavy atom. The van der Waals surface area contributed by atoms with Gasteiger partial charge in [0.25, 0.3) is 10.2 Å². The first-order valence-corrected chi connectivity index (χ1v) is 10.8. The lowest BCUT2D eigenvalue weighted by molar-refractivity contribution is -0.130. The summed E-state index contributed by atoms with van der Waals surface area (Å²) >= 11 is 0. The summed E-state index contributed by atoms with van der Waals surface area (Å²) in [5.74, 6) is 0.0833. The molecule has 1 aromatic rings. The summed E-state index contributed by atoms with van der Waals surface area (Å²) in [4.78, 5) is 16.6. The molecule has 2 fully saturated rings. The standard InChI is InChI=1S/C18H26N4O3S/c23-18(15-20-10-7-16-5-1-2-6-17(16)20)19-11-13-22(14-12-19)26(24,25)21-8-3-4-9-21/h1-2,5-6H,3-4,7-15H2. The van der Waals surface area contributed by atoms with E-state index in [0.717, 1.165) is 31.5 Å². The van der Waals surface area contributed by atoms with Crippen molar-refractivity contribution in [3.05, 3.63) is 29.8 Å².